The average Bonchev–Trinajstić information content (AvgIpc) is 2.61. The van der Waals surface area contributed by atoms with Gasteiger partial charge in [-0.05, 0) is 28.3 Å². The molecule has 3 aromatic rings. The summed E-state index contributed by atoms with van der Waals surface area (Å²) in [7, 11) is -3.84. The quantitative estimate of drug-likeness (QED) is 0.551. The predicted octanol–water partition coefficient (Wildman–Crippen LogP) is 3.81. The van der Waals surface area contributed by atoms with Gasteiger partial charge in [0.05, 0.1) is 6.16 Å². The molecule has 0 aromatic heterocycles. The minimum atomic E-state index is -3.84. The zero-order chi connectivity index (χ0) is 18.6. The van der Waals surface area contributed by atoms with Crippen molar-refractivity contribution in [2.45, 2.75) is 18.6 Å². The molecular weight excluding hydrogens is 349 g/mol. The Kier molecular flexibility index (Phi) is 5.52. The van der Waals surface area contributed by atoms with Gasteiger partial charge in [-0.15, -0.1) is 0 Å². The third kappa shape index (κ3) is 4.79. The van der Waals surface area contributed by atoms with Crippen LogP contribution in [0, 0.1) is 0 Å². The lowest BCUT2D eigenvalue weighted by atomic mass is 10.0. The van der Waals surface area contributed by atoms with Gasteiger partial charge in [-0.2, -0.15) is 0 Å². The molecule has 6 heteroatoms. The van der Waals surface area contributed by atoms with Gasteiger partial charge in [-0.25, -0.2) is 5.09 Å². The van der Waals surface area contributed by atoms with E-state index in [9.17, 15) is 19.4 Å². The molecule has 0 aliphatic carbocycles. The monoisotopic (exact) mass is 369 g/mol. The van der Waals surface area contributed by atoms with E-state index < -0.39 is 19.5 Å². The zero-order valence-corrected chi connectivity index (χ0v) is 15.0. The number of nitrogens with one attached hydrogen (secondary N) is 1. The Morgan fingerprint density at radius 1 is 0.923 bits per heavy atom. The lowest BCUT2D eigenvalue weighted by molar-refractivity contribution is -0.139. The third-order valence-electron chi connectivity index (χ3n) is 4.15. The van der Waals surface area contributed by atoms with Crippen molar-refractivity contribution in [2.75, 3.05) is 0 Å². The van der Waals surface area contributed by atoms with Crippen LogP contribution < -0.4 is 5.09 Å². The van der Waals surface area contributed by atoms with Crippen molar-refractivity contribution in [1.82, 2.24) is 5.09 Å². The number of fused-ring (bicyclic) bond motifs is 1. The third-order valence-corrected chi connectivity index (χ3v) is 5.66. The summed E-state index contributed by atoms with van der Waals surface area (Å²) >= 11 is 0. The molecule has 0 spiro atoms. The topological polar surface area (TPSA) is 86.6 Å². The first-order valence-electron chi connectivity index (χ1n) is 8.27. The lowest BCUT2D eigenvalue weighted by Gasteiger charge is -2.19. The van der Waals surface area contributed by atoms with E-state index in [2.05, 4.69) is 5.09 Å². The van der Waals surface area contributed by atoms with Crippen LogP contribution in [-0.2, 0) is 21.9 Å². The fourth-order valence-corrected chi connectivity index (χ4v) is 4.40. The fourth-order valence-electron chi connectivity index (χ4n) is 2.91. The highest BCUT2D eigenvalue weighted by atomic mass is 31.2. The standard InChI is InChI=1S/C20H20NO4P/c22-20(23)19(21-26(24,25)14-15-6-2-1-3-7-15)13-16-10-11-17-8-4-5-9-18(17)12-16/h1-12,19H,13-14H2,(H,22,23)(H2,21,24,25). The van der Waals surface area contributed by atoms with Crippen molar-refractivity contribution in [1.29, 1.82) is 0 Å². The van der Waals surface area contributed by atoms with Crippen LogP contribution in [0.2, 0.25) is 0 Å². The molecule has 26 heavy (non-hydrogen) atoms. The smallest absolute Gasteiger partial charge is 0.321 e. The van der Waals surface area contributed by atoms with Crippen LogP contribution in [0.15, 0.2) is 72.8 Å². The maximum atomic E-state index is 12.5. The zero-order valence-electron chi connectivity index (χ0n) is 14.1. The highest BCUT2D eigenvalue weighted by Crippen LogP contribution is 2.40. The van der Waals surface area contributed by atoms with Gasteiger partial charge >= 0.3 is 5.97 Å². The largest absolute Gasteiger partial charge is 0.480 e. The predicted molar refractivity (Wildman–Crippen MR) is 102 cm³/mol. The van der Waals surface area contributed by atoms with Crippen molar-refractivity contribution >= 4 is 24.3 Å². The van der Waals surface area contributed by atoms with Gasteiger partial charge in [-0.1, -0.05) is 72.8 Å². The molecular formula is C20H20NO4P. The van der Waals surface area contributed by atoms with Gasteiger partial charge in [0.25, 0.3) is 7.52 Å². The van der Waals surface area contributed by atoms with Crippen molar-refractivity contribution in [3.8, 4) is 0 Å². The molecule has 0 saturated heterocycles. The Bertz CT molecular complexity index is 958. The molecule has 3 rings (SSSR count). The van der Waals surface area contributed by atoms with Crippen LogP contribution >= 0.6 is 7.52 Å². The first-order valence-corrected chi connectivity index (χ1v) is 10.1. The first-order chi connectivity index (χ1) is 12.4. The molecule has 0 aliphatic rings. The molecule has 3 N–H and O–H groups in total. The summed E-state index contributed by atoms with van der Waals surface area (Å²) in [6, 6.07) is 21.2. The second kappa shape index (κ2) is 7.83. The van der Waals surface area contributed by atoms with E-state index in [1.165, 1.54) is 0 Å². The SMILES string of the molecule is O=C(O)C(Cc1ccc2ccccc2c1)NP(=O)(O)Cc1ccccc1. The summed E-state index contributed by atoms with van der Waals surface area (Å²) in [6.07, 6.45) is 0.00878. The molecule has 0 saturated carbocycles. The van der Waals surface area contributed by atoms with Gasteiger partial charge in [0.15, 0.2) is 0 Å². The highest BCUT2D eigenvalue weighted by molar-refractivity contribution is 7.55. The van der Waals surface area contributed by atoms with Crippen LogP contribution in [0.1, 0.15) is 11.1 Å². The molecule has 2 atom stereocenters. The van der Waals surface area contributed by atoms with Crippen LogP contribution in [0.25, 0.3) is 10.8 Å². The second-order valence-corrected chi connectivity index (χ2v) is 8.23. The Morgan fingerprint density at radius 3 is 2.27 bits per heavy atom. The molecule has 134 valence electrons. The molecule has 0 fully saturated rings. The Morgan fingerprint density at radius 2 is 1.58 bits per heavy atom. The number of carbonyl (C=O) groups is 1. The van der Waals surface area contributed by atoms with E-state index in [1.807, 2.05) is 48.5 Å². The van der Waals surface area contributed by atoms with Gasteiger partial charge < -0.3 is 10.00 Å². The van der Waals surface area contributed by atoms with E-state index >= 15 is 0 Å². The maximum Gasteiger partial charge on any atom is 0.321 e. The van der Waals surface area contributed by atoms with Gasteiger partial charge in [0.1, 0.15) is 6.04 Å². The lowest BCUT2D eigenvalue weighted by Crippen LogP contribution is -2.36. The van der Waals surface area contributed by atoms with Gasteiger partial charge in [-0.3, -0.25) is 9.36 Å². The van der Waals surface area contributed by atoms with E-state index in [0.717, 1.165) is 16.3 Å². The Labute approximate surface area is 151 Å². The van der Waals surface area contributed by atoms with E-state index in [-0.39, 0.29) is 12.6 Å². The number of hydrogen-bond acceptors (Lipinski definition) is 2. The number of carboxylic acids is 1. The summed E-state index contributed by atoms with van der Waals surface area (Å²) in [4.78, 5) is 21.8. The molecule has 3 aromatic carbocycles. The minimum absolute atomic E-state index is 0.116. The molecule has 5 nitrogen and oxygen atoms in total. The summed E-state index contributed by atoms with van der Waals surface area (Å²) in [6.45, 7) is 0. The number of carboxylic acid groups (broad SMARTS) is 1. The summed E-state index contributed by atoms with van der Waals surface area (Å²) in [5.74, 6) is -1.15. The minimum Gasteiger partial charge on any atom is -0.480 e. The molecule has 0 heterocycles. The molecule has 0 radical (unpaired) electrons. The number of aliphatic carboxylic acids is 1. The van der Waals surface area contributed by atoms with Crippen molar-refractivity contribution < 1.29 is 19.4 Å². The highest BCUT2D eigenvalue weighted by Gasteiger charge is 2.28. The average molecular weight is 369 g/mol. The Hall–Kier alpha value is -2.46. The van der Waals surface area contributed by atoms with Crippen molar-refractivity contribution in [3.05, 3.63) is 83.9 Å². The number of hydrogen-bond donors (Lipinski definition) is 3. The normalized spacial score (nSPS) is 14.7. The number of rotatable bonds is 7. The van der Waals surface area contributed by atoms with E-state index in [0.29, 0.717) is 5.56 Å². The van der Waals surface area contributed by atoms with Gasteiger partial charge in [0.2, 0.25) is 0 Å². The first kappa shape index (κ1) is 18.3. The molecule has 0 amide bonds. The molecule has 0 bridgehead atoms. The van der Waals surface area contributed by atoms with Crippen LogP contribution in [0.4, 0.5) is 0 Å². The van der Waals surface area contributed by atoms with Crippen LogP contribution in [0.3, 0.4) is 0 Å². The second-order valence-electron chi connectivity index (χ2n) is 6.25. The molecule has 2 unspecified atom stereocenters. The van der Waals surface area contributed by atoms with E-state index in [1.54, 1.807) is 24.3 Å². The summed E-state index contributed by atoms with van der Waals surface area (Å²) in [5.41, 5.74) is 1.48. The Balaban J connectivity index is 1.75. The molecule has 0 aliphatic heterocycles. The summed E-state index contributed by atoms with van der Waals surface area (Å²) in [5, 5.41) is 14.0. The fraction of sp³-hybridized carbons (Fsp3) is 0.150. The summed E-state index contributed by atoms with van der Waals surface area (Å²) < 4.78 is 12.5. The van der Waals surface area contributed by atoms with Crippen LogP contribution in [0.5, 0.6) is 0 Å². The van der Waals surface area contributed by atoms with Crippen LogP contribution in [-0.4, -0.2) is 22.0 Å². The maximum absolute atomic E-state index is 12.5. The van der Waals surface area contributed by atoms with Gasteiger partial charge in [0, 0.05) is 0 Å². The van der Waals surface area contributed by atoms with Crippen molar-refractivity contribution in [3.63, 3.8) is 0 Å². The van der Waals surface area contributed by atoms with E-state index in [4.69, 9.17) is 0 Å². The van der Waals surface area contributed by atoms with Crippen molar-refractivity contribution in [2.24, 2.45) is 0 Å². The number of benzene rings is 3.